The first kappa shape index (κ1) is 14.6. The average molecular weight is 284 g/mol. The maximum Gasteiger partial charge on any atom is 0.0682 e. The molecule has 2 rings (SSSR count). The van der Waals surface area contributed by atoms with Gasteiger partial charge in [0.15, 0.2) is 0 Å². The van der Waals surface area contributed by atoms with E-state index < -0.39 is 0 Å². The van der Waals surface area contributed by atoms with Crippen molar-refractivity contribution >= 4 is 17.3 Å². The molecule has 1 saturated heterocycles. The molecule has 1 aromatic rings. The number of likely N-dealkylation sites (tertiary alicyclic amines) is 1. The number of nitrogens with two attached hydrogens (primary N) is 1. The van der Waals surface area contributed by atoms with Crippen molar-refractivity contribution in [2.45, 2.75) is 25.1 Å². The fourth-order valence-corrected chi connectivity index (χ4v) is 2.87. The smallest absolute Gasteiger partial charge is 0.0682 e. The van der Waals surface area contributed by atoms with E-state index in [0.29, 0.717) is 17.6 Å². The van der Waals surface area contributed by atoms with Crippen LogP contribution in [0.1, 0.15) is 12.0 Å². The lowest BCUT2D eigenvalue weighted by atomic mass is 10.1. The van der Waals surface area contributed by atoms with Gasteiger partial charge in [0, 0.05) is 36.4 Å². The third kappa shape index (κ3) is 3.83. The Labute approximate surface area is 119 Å². The lowest BCUT2D eigenvalue weighted by Crippen LogP contribution is -2.37. The molecule has 0 amide bonds. The number of aliphatic hydroxyl groups is 1. The topological polar surface area (TPSA) is 52.7 Å². The highest BCUT2D eigenvalue weighted by Gasteiger charge is 2.31. The normalized spacial score (nSPS) is 24.3. The monoisotopic (exact) mass is 283 g/mol. The van der Waals surface area contributed by atoms with Crippen LogP contribution in [-0.2, 0) is 6.54 Å². The minimum atomic E-state index is -0.238. The van der Waals surface area contributed by atoms with E-state index in [2.05, 4.69) is 23.9 Å². The minimum Gasteiger partial charge on any atom is -0.398 e. The summed E-state index contributed by atoms with van der Waals surface area (Å²) in [6.45, 7) is 2.42. The zero-order valence-electron chi connectivity index (χ0n) is 11.5. The standard InChI is InChI=1S/C14H22ClN3O/c1-17(2)8-12-6-13(19)9-18(12)7-10-3-4-11(15)5-14(10)16/h3-5,12-13,19H,6-9,16H2,1-2H3. The number of halogens is 1. The van der Waals surface area contributed by atoms with Crippen LogP contribution >= 0.6 is 11.6 Å². The molecular formula is C14H22ClN3O. The Morgan fingerprint density at radius 1 is 1.47 bits per heavy atom. The van der Waals surface area contributed by atoms with Crippen molar-refractivity contribution in [3.05, 3.63) is 28.8 Å². The molecule has 1 aliphatic heterocycles. The first-order chi connectivity index (χ1) is 8.95. The fraction of sp³-hybridized carbons (Fsp3) is 0.571. The van der Waals surface area contributed by atoms with E-state index in [1.165, 1.54) is 0 Å². The van der Waals surface area contributed by atoms with Crippen molar-refractivity contribution in [2.75, 3.05) is 32.9 Å². The van der Waals surface area contributed by atoms with Crippen LogP contribution in [-0.4, -0.2) is 54.2 Å². The van der Waals surface area contributed by atoms with Crippen LogP contribution in [0.2, 0.25) is 5.02 Å². The van der Waals surface area contributed by atoms with Gasteiger partial charge in [-0.25, -0.2) is 0 Å². The molecule has 0 spiro atoms. The molecule has 1 aliphatic rings. The molecule has 5 heteroatoms. The van der Waals surface area contributed by atoms with E-state index in [1.54, 1.807) is 6.07 Å². The highest BCUT2D eigenvalue weighted by molar-refractivity contribution is 6.30. The molecule has 2 atom stereocenters. The van der Waals surface area contributed by atoms with Crippen LogP contribution in [0.3, 0.4) is 0 Å². The van der Waals surface area contributed by atoms with Crippen LogP contribution < -0.4 is 5.73 Å². The Kier molecular flexibility index (Phi) is 4.68. The number of likely N-dealkylation sites (N-methyl/N-ethyl adjacent to an activating group) is 1. The zero-order chi connectivity index (χ0) is 14.0. The molecule has 1 aromatic carbocycles. The van der Waals surface area contributed by atoms with Gasteiger partial charge in [-0.1, -0.05) is 17.7 Å². The summed E-state index contributed by atoms with van der Waals surface area (Å²) in [4.78, 5) is 4.45. The molecule has 1 fully saturated rings. The van der Waals surface area contributed by atoms with E-state index in [1.807, 2.05) is 12.1 Å². The third-order valence-electron chi connectivity index (χ3n) is 3.56. The van der Waals surface area contributed by atoms with Crippen molar-refractivity contribution in [2.24, 2.45) is 0 Å². The van der Waals surface area contributed by atoms with Crippen LogP contribution in [0.25, 0.3) is 0 Å². The Balaban J connectivity index is 2.07. The molecule has 4 nitrogen and oxygen atoms in total. The van der Waals surface area contributed by atoms with Crippen LogP contribution in [0.15, 0.2) is 18.2 Å². The molecule has 0 radical (unpaired) electrons. The van der Waals surface area contributed by atoms with Gasteiger partial charge in [-0.3, -0.25) is 4.90 Å². The van der Waals surface area contributed by atoms with Gasteiger partial charge in [-0.05, 0) is 38.2 Å². The van der Waals surface area contributed by atoms with Crippen LogP contribution in [0.5, 0.6) is 0 Å². The zero-order valence-corrected chi connectivity index (χ0v) is 12.3. The third-order valence-corrected chi connectivity index (χ3v) is 3.80. The lowest BCUT2D eigenvalue weighted by Gasteiger charge is -2.27. The summed E-state index contributed by atoms with van der Waals surface area (Å²) in [7, 11) is 4.11. The second kappa shape index (κ2) is 6.09. The summed E-state index contributed by atoms with van der Waals surface area (Å²) in [6.07, 6.45) is 0.588. The van der Waals surface area contributed by atoms with Gasteiger partial charge in [0.25, 0.3) is 0 Å². The number of anilines is 1. The maximum absolute atomic E-state index is 9.86. The van der Waals surface area contributed by atoms with E-state index in [9.17, 15) is 5.11 Å². The van der Waals surface area contributed by atoms with E-state index in [0.717, 1.165) is 30.8 Å². The SMILES string of the molecule is CN(C)CC1CC(O)CN1Cc1ccc(Cl)cc1N. The quantitative estimate of drug-likeness (QED) is 0.821. The largest absolute Gasteiger partial charge is 0.398 e. The number of hydrogen-bond acceptors (Lipinski definition) is 4. The Hall–Kier alpha value is -0.810. The van der Waals surface area contributed by atoms with E-state index in [-0.39, 0.29) is 6.10 Å². The number of benzene rings is 1. The van der Waals surface area contributed by atoms with Gasteiger partial charge in [-0.15, -0.1) is 0 Å². The van der Waals surface area contributed by atoms with Crippen LogP contribution in [0.4, 0.5) is 5.69 Å². The van der Waals surface area contributed by atoms with Gasteiger partial charge in [-0.2, -0.15) is 0 Å². The molecule has 3 N–H and O–H groups in total. The molecule has 19 heavy (non-hydrogen) atoms. The summed E-state index contributed by atoms with van der Waals surface area (Å²) in [6, 6.07) is 5.99. The van der Waals surface area contributed by atoms with Crippen molar-refractivity contribution < 1.29 is 5.11 Å². The number of aliphatic hydroxyl groups excluding tert-OH is 1. The summed E-state index contributed by atoms with van der Waals surface area (Å²) in [5.74, 6) is 0. The summed E-state index contributed by atoms with van der Waals surface area (Å²) >= 11 is 5.91. The van der Waals surface area contributed by atoms with Gasteiger partial charge in [0.1, 0.15) is 0 Å². The van der Waals surface area contributed by atoms with Crippen LogP contribution in [0, 0.1) is 0 Å². The molecule has 0 bridgehead atoms. The lowest BCUT2D eigenvalue weighted by molar-refractivity contribution is 0.169. The molecular weight excluding hydrogens is 262 g/mol. The van der Waals surface area contributed by atoms with Gasteiger partial charge in [0.05, 0.1) is 6.10 Å². The van der Waals surface area contributed by atoms with Gasteiger partial charge in [0.2, 0.25) is 0 Å². The second-order valence-corrected chi connectivity index (χ2v) is 6.01. The van der Waals surface area contributed by atoms with Gasteiger partial charge >= 0.3 is 0 Å². The van der Waals surface area contributed by atoms with Crippen molar-refractivity contribution in [3.63, 3.8) is 0 Å². The average Bonchev–Trinajstić information content (AvgIpc) is 2.62. The van der Waals surface area contributed by atoms with E-state index >= 15 is 0 Å². The Morgan fingerprint density at radius 3 is 2.84 bits per heavy atom. The number of hydrogen-bond donors (Lipinski definition) is 2. The number of nitrogen functional groups attached to an aromatic ring is 1. The highest BCUT2D eigenvalue weighted by Crippen LogP contribution is 2.25. The first-order valence-electron chi connectivity index (χ1n) is 6.56. The Morgan fingerprint density at radius 2 is 2.21 bits per heavy atom. The van der Waals surface area contributed by atoms with Crippen molar-refractivity contribution in [3.8, 4) is 0 Å². The predicted octanol–water partition coefficient (Wildman–Crippen LogP) is 1.42. The number of nitrogens with zero attached hydrogens (tertiary/aromatic N) is 2. The summed E-state index contributed by atoms with van der Waals surface area (Å²) in [5.41, 5.74) is 7.79. The Bertz CT molecular complexity index is 439. The maximum atomic E-state index is 9.86. The molecule has 106 valence electrons. The summed E-state index contributed by atoms with van der Waals surface area (Å²) < 4.78 is 0. The van der Waals surface area contributed by atoms with E-state index in [4.69, 9.17) is 17.3 Å². The molecule has 0 aliphatic carbocycles. The van der Waals surface area contributed by atoms with Crippen molar-refractivity contribution in [1.29, 1.82) is 0 Å². The molecule has 0 aromatic heterocycles. The molecule has 2 unspecified atom stereocenters. The first-order valence-corrected chi connectivity index (χ1v) is 6.94. The number of rotatable bonds is 4. The van der Waals surface area contributed by atoms with Crippen molar-refractivity contribution in [1.82, 2.24) is 9.80 Å². The summed E-state index contributed by atoms with van der Waals surface area (Å²) in [5, 5.41) is 10.5. The predicted molar refractivity (Wildman–Crippen MR) is 79.2 cm³/mol. The second-order valence-electron chi connectivity index (χ2n) is 5.58. The van der Waals surface area contributed by atoms with Gasteiger partial charge < -0.3 is 15.7 Å². The highest BCUT2D eigenvalue weighted by atomic mass is 35.5. The minimum absolute atomic E-state index is 0.238. The number of β-amino-alcohol motifs (C(OH)–C–C–N with tert-alkyl or cyclic N) is 1. The molecule has 0 saturated carbocycles. The molecule has 1 heterocycles. The fourth-order valence-electron chi connectivity index (χ4n) is 2.69.